The maximum atomic E-state index is 11.0. The fourth-order valence-corrected chi connectivity index (χ4v) is 5.24. The molecule has 0 aliphatic heterocycles. The second kappa shape index (κ2) is 13.5. The first-order valence-corrected chi connectivity index (χ1v) is 13.6. The summed E-state index contributed by atoms with van der Waals surface area (Å²) in [6.07, 6.45) is 3.44. The van der Waals surface area contributed by atoms with Gasteiger partial charge in [-0.1, -0.05) is 77.8 Å². The molecular formula is C33H31Cl2NO4. The summed E-state index contributed by atoms with van der Waals surface area (Å²) in [7, 11) is 0. The quantitative estimate of drug-likeness (QED) is 0.139. The van der Waals surface area contributed by atoms with E-state index < -0.39 is 5.97 Å². The van der Waals surface area contributed by atoms with Gasteiger partial charge in [-0.3, -0.25) is 0 Å². The third kappa shape index (κ3) is 7.66. The fraction of sp³-hybridized carbons (Fsp3) is 0.182. The number of carboxylic acid groups (broad SMARTS) is 1. The molecule has 4 aromatic carbocycles. The van der Waals surface area contributed by atoms with Gasteiger partial charge in [-0.25, -0.2) is 4.79 Å². The van der Waals surface area contributed by atoms with Gasteiger partial charge in [0.05, 0.1) is 10.0 Å². The van der Waals surface area contributed by atoms with Gasteiger partial charge in [0, 0.05) is 12.1 Å². The Morgan fingerprint density at radius 1 is 0.925 bits per heavy atom. The fourth-order valence-electron chi connectivity index (χ4n) is 4.54. The normalized spacial score (nSPS) is 11.9. The molecule has 0 saturated heterocycles. The Kier molecular flexibility index (Phi) is 9.88. The van der Waals surface area contributed by atoms with Crippen LogP contribution in [0.5, 0.6) is 11.5 Å². The average molecular weight is 577 g/mol. The van der Waals surface area contributed by atoms with Crippen LogP contribution in [0.1, 0.15) is 33.9 Å². The minimum absolute atomic E-state index is 0.180. The number of hydrogen-bond acceptors (Lipinski definition) is 4. The number of hydrogen-bond donors (Lipinski definition) is 2. The predicted molar refractivity (Wildman–Crippen MR) is 163 cm³/mol. The van der Waals surface area contributed by atoms with E-state index in [1.807, 2.05) is 80.6 Å². The Bertz CT molecular complexity index is 1490. The molecular weight excluding hydrogens is 545 g/mol. The number of rotatable bonds is 11. The Morgan fingerprint density at radius 2 is 1.60 bits per heavy atom. The lowest BCUT2D eigenvalue weighted by atomic mass is 9.91. The van der Waals surface area contributed by atoms with Crippen LogP contribution in [-0.4, -0.2) is 24.3 Å². The molecule has 4 aromatic rings. The standard InChI is InChI=1S/C33H31Cl2NO4/c1-21-17-29(34)33(30(35)18-21)40-16-15-39-26-11-7-23(8-12-26)20-31(36)27-13-9-25(19-22(27)2)28-6-4-3-5-24(28)10-14-32(37)38/h3-14,17-19,31H,15-16,20,36H2,1-2H3,(H,37,38)/b14-10+. The van der Waals surface area contributed by atoms with E-state index >= 15 is 0 Å². The zero-order valence-corrected chi connectivity index (χ0v) is 23.9. The Balaban J connectivity index is 1.34. The third-order valence-electron chi connectivity index (χ3n) is 6.47. The van der Waals surface area contributed by atoms with E-state index in [0.29, 0.717) is 35.4 Å². The number of carbonyl (C=O) groups is 1. The molecule has 206 valence electrons. The molecule has 3 N–H and O–H groups in total. The molecule has 0 bridgehead atoms. The molecule has 0 fully saturated rings. The second-order valence-electron chi connectivity index (χ2n) is 9.54. The monoisotopic (exact) mass is 575 g/mol. The zero-order valence-electron chi connectivity index (χ0n) is 22.4. The highest BCUT2D eigenvalue weighted by Crippen LogP contribution is 2.34. The highest BCUT2D eigenvalue weighted by molar-refractivity contribution is 6.37. The van der Waals surface area contributed by atoms with Crippen molar-refractivity contribution in [3.05, 3.63) is 123 Å². The van der Waals surface area contributed by atoms with Crippen molar-refractivity contribution in [2.75, 3.05) is 13.2 Å². The molecule has 0 spiro atoms. The van der Waals surface area contributed by atoms with Crippen LogP contribution in [0, 0.1) is 13.8 Å². The topological polar surface area (TPSA) is 81.8 Å². The summed E-state index contributed by atoms with van der Waals surface area (Å²) in [5, 5.41) is 9.96. The maximum absolute atomic E-state index is 11.0. The van der Waals surface area contributed by atoms with Gasteiger partial charge in [0.25, 0.3) is 0 Å². The summed E-state index contributed by atoms with van der Waals surface area (Å²) in [5.41, 5.74) is 13.6. The van der Waals surface area contributed by atoms with E-state index in [1.54, 1.807) is 6.08 Å². The van der Waals surface area contributed by atoms with Crippen LogP contribution < -0.4 is 15.2 Å². The van der Waals surface area contributed by atoms with Gasteiger partial charge < -0.3 is 20.3 Å². The van der Waals surface area contributed by atoms with E-state index in [1.165, 1.54) is 0 Å². The summed E-state index contributed by atoms with van der Waals surface area (Å²) in [6, 6.07) is 25.2. The van der Waals surface area contributed by atoms with Crippen molar-refractivity contribution in [3.8, 4) is 22.6 Å². The van der Waals surface area contributed by atoms with Crippen molar-refractivity contribution < 1.29 is 19.4 Å². The van der Waals surface area contributed by atoms with Crippen LogP contribution in [0.2, 0.25) is 10.0 Å². The number of aliphatic carboxylic acids is 1. The van der Waals surface area contributed by atoms with E-state index in [4.69, 9.17) is 43.5 Å². The second-order valence-corrected chi connectivity index (χ2v) is 10.4. The van der Waals surface area contributed by atoms with Crippen LogP contribution >= 0.6 is 23.2 Å². The highest BCUT2D eigenvalue weighted by Gasteiger charge is 2.13. The molecule has 1 atom stereocenters. The third-order valence-corrected chi connectivity index (χ3v) is 7.03. The van der Waals surface area contributed by atoms with Gasteiger partial charge in [-0.15, -0.1) is 0 Å². The lowest BCUT2D eigenvalue weighted by Gasteiger charge is -2.17. The van der Waals surface area contributed by atoms with Crippen LogP contribution in [-0.2, 0) is 11.2 Å². The Hall–Kier alpha value is -3.77. The molecule has 1 unspecified atom stereocenters. The van der Waals surface area contributed by atoms with Gasteiger partial charge in [-0.05, 0) is 89.6 Å². The van der Waals surface area contributed by atoms with E-state index in [-0.39, 0.29) is 6.04 Å². The lowest BCUT2D eigenvalue weighted by molar-refractivity contribution is -0.131. The molecule has 0 aromatic heterocycles. The van der Waals surface area contributed by atoms with Crippen LogP contribution in [0.3, 0.4) is 0 Å². The molecule has 5 nitrogen and oxygen atoms in total. The summed E-state index contributed by atoms with van der Waals surface area (Å²) in [6.45, 7) is 4.63. The number of carboxylic acids is 1. The molecule has 0 radical (unpaired) electrons. The van der Waals surface area contributed by atoms with Gasteiger partial charge in [0.1, 0.15) is 19.0 Å². The highest BCUT2D eigenvalue weighted by atomic mass is 35.5. The number of ether oxygens (including phenoxy) is 2. The molecule has 0 amide bonds. The van der Waals surface area contributed by atoms with E-state index in [9.17, 15) is 4.79 Å². The molecule has 0 heterocycles. The first-order valence-electron chi connectivity index (χ1n) is 12.9. The molecule has 0 aliphatic carbocycles. The Morgan fingerprint density at radius 3 is 2.27 bits per heavy atom. The molecule has 7 heteroatoms. The summed E-state index contributed by atoms with van der Waals surface area (Å²) in [5.74, 6) is 0.220. The average Bonchev–Trinajstić information content (AvgIpc) is 2.92. The number of halogens is 2. The number of benzene rings is 4. The minimum Gasteiger partial charge on any atom is -0.490 e. The van der Waals surface area contributed by atoms with Gasteiger partial charge >= 0.3 is 5.97 Å². The van der Waals surface area contributed by atoms with Gasteiger partial charge in [0.2, 0.25) is 0 Å². The van der Waals surface area contributed by atoms with Crippen molar-refractivity contribution in [1.29, 1.82) is 0 Å². The van der Waals surface area contributed by atoms with Crippen molar-refractivity contribution >= 4 is 35.2 Å². The van der Waals surface area contributed by atoms with Crippen molar-refractivity contribution in [2.45, 2.75) is 26.3 Å². The predicted octanol–water partition coefficient (Wildman–Crippen LogP) is 8.08. The first kappa shape index (κ1) is 29.2. The van der Waals surface area contributed by atoms with Crippen molar-refractivity contribution in [1.82, 2.24) is 0 Å². The lowest BCUT2D eigenvalue weighted by Crippen LogP contribution is -2.15. The minimum atomic E-state index is -0.977. The molecule has 40 heavy (non-hydrogen) atoms. The number of aryl methyl sites for hydroxylation is 2. The molecule has 0 aliphatic rings. The SMILES string of the molecule is Cc1cc(Cl)c(OCCOc2ccc(CC(N)c3ccc(-c4ccccc4/C=C/C(=O)O)cc3C)cc2)c(Cl)c1. The molecule has 4 rings (SSSR count). The summed E-state index contributed by atoms with van der Waals surface area (Å²) in [4.78, 5) is 11.0. The summed E-state index contributed by atoms with van der Waals surface area (Å²) >= 11 is 12.5. The van der Waals surface area contributed by atoms with Crippen molar-refractivity contribution in [2.24, 2.45) is 5.73 Å². The summed E-state index contributed by atoms with van der Waals surface area (Å²) < 4.78 is 11.5. The largest absolute Gasteiger partial charge is 0.490 e. The van der Waals surface area contributed by atoms with Crippen LogP contribution in [0.25, 0.3) is 17.2 Å². The molecule has 0 saturated carbocycles. The van der Waals surface area contributed by atoms with E-state index in [0.717, 1.165) is 50.8 Å². The van der Waals surface area contributed by atoms with E-state index in [2.05, 4.69) is 12.1 Å². The maximum Gasteiger partial charge on any atom is 0.328 e. The van der Waals surface area contributed by atoms with Crippen LogP contribution in [0.15, 0.2) is 84.9 Å². The van der Waals surface area contributed by atoms with Gasteiger partial charge in [-0.2, -0.15) is 0 Å². The van der Waals surface area contributed by atoms with Crippen molar-refractivity contribution in [3.63, 3.8) is 0 Å². The van der Waals surface area contributed by atoms with Gasteiger partial charge in [0.15, 0.2) is 5.75 Å². The first-order chi connectivity index (χ1) is 19.2. The van der Waals surface area contributed by atoms with Crippen LogP contribution in [0.4, 0.5) is 0 Å². The smallest absolute Gasteiger partial charge is 0.328 e. The zero-order chi connectivity index (χ0) is 28.6. The Labute approximate surface area is 244 Å². The number of nitrogens with two attached hydrogens (primary N) is 1.